The summed E-state index contributed by atoms with van der Waals surface area (Å²) < 4.78 is 10.7. The van der Waals surface area contributed by atoms with Gasteiger partial charge in [0, 0.05) is 12.1 Å². The fourth-order valence-electron chi connectivity index (χ4n) is 0.714. The molecule has 1 atom stereocenters. The quantitative estimate of drug-likeness (QED) is 0.469. The first-order valence-electron chi connectivity index (χ1n) is 4.24. The summed E-state index contributed by atoms with van der Waals surface area (Å²) in [6.07, 6.45) is 0.253. The normalized spacial score (nSPS) is 13.4. The Balaban J connectivity index is 3.81. The molecule has 0 fully saturated rings. The van der Waals surface area contributed by atoms with E-state index in [1.54, 1.807) is 6.92 Å². The predicted octanol–water partition coefficient (Wildman–Crippen LogP) is 0.635. The number of hydrogen-bond donors (Lipinski definition) is 3. The molecular formula is C8H16NO4P. The van der Waals surface area contributed by atoms with E-state index in [1.165, 1.54) is 6.92 Å². The van der Waals surface area contributed by atoms with Crippen LogP contribution in [0.1, 0.15) is 20.3 Å². The zero-order valence-corrected chi connectivity index (χ0v) is 9.25. The largest absolute Gasteiger partial charge is 0.352 e. The topological polar surface area (TPSA) is 86.6 Å². The van der Waals surface area contributed by atoms with Crippen LogP contribution in [-0.2, 0) is 9.36 Å². The summed E-state index contributed by atoms with van der Waals surface area (Å²) in [5, 5.41) is 2.50. The molecule has 0 heterocycles. The fraction of sp³-hybridized carbons (Fsp3) is 0.625. The zero-order valence-electron chi connectivity index (χ0n) is 8.36. The summed E-state index contributed by atoms with van der Waals surface area (Å²) in [7, 11) is -4.01. The summed E-state index contributed by atoms with van der Waals surface area (Å²) in [4.78, 5) is 28.5. The van der Waals surface area contributed by atoms with E-state index in [4.69, 9.17) is 9.79 Å². The van der Waals surface area contributed by atoms with E-state index in [0.717, 1.165) is 0 Å². The van der Waals surface area contributed by atoms with E-state index < -0.39 is 13.3 Å². The van der Waals surface area contributed by atoms with Crippen LogP contribution < -0.4 is 5.32 Å². The molecule has 0 bridgehead atoms. The molecule has 0 saturated heterocycles. The van der Waals surface area contributed by atoms with Gasteiger partial charge in [0.2, 0.25) is 5.91 Å². The van der Waals surface area contributed by atoms with Gasteiger partial charge in [-0.25, -0.2) is 0 Å². The molecule has 0 spiro atoms. The first kappa shape index (κ1) is 13.4. The van der Waals surface area contributed by atoms with Crippen LogP contribution in [0.5, 0.6) is 0 Å². The Labute approximate surface area is 83.4 Å². The Morgan fingerprint density at radius 2 is 2.07 bits per heavy atom. The lowest BCUT2D eigenvalue weighted by molar-refractivity contribution is -0.117. The van der Waals surface area contributed by atoms with Crippen LogP contribution in [0.3, 0.4) is 0 Å². The first-order chi connectivity index (χ1) is 6.25. The van der Waals surface area contributed by atoms with Crippen molar-refractivity contribution in [3.05, 3.63) is 12.2 Å². The van der Waals surface area contributed by atoms with Crippen molar-refractivity contribution in [1.82, 2.24) is 5.32 Å². The van der Waals surface area contributed by atoms with Crippen molar-refractivity contribution < 1.29 is 19.1 Å². The average molecular weight is 221 g/mol. The summed E-state index contributed by atoms with van der Waals surface area (Å²) in [6, 6.07) is 0. The van der Waals surface area contributed by atoms with Crippen LogP contribution in [0.25, 0.3) is 0 Å². The highest BCUT2D eigenvalue weighted by molar-refractivity contribution is 7.52. The number of carbonyl (C=O) groups is 1. The standard InChI is InChI=1S/C8H16NO4P/c1-6(2)8(10)9-5-4-7(3)14(11,12)13/h7H,1,4-5H2,2-3H3,(H,9,10)(H2,11,12,13). The number of nitrogens with one attached hydrogen (secondary N) is 1. The lowest BCUT2D eigenvalue weighted by Crippen LogP contribution is -2.26. The summed E-state index contributed by atoms with van der Waals surface area (Å²) in [5.41, 5.74) is -0.346. The minimum Gasteiger partial charge on any atom is -0.352 e. The number of amides is 1. The second-order valence-corrected chi connectivity index (χ2v) is 5.32. The highest BCUT2D eigenvalue weighted by atomic mass is 31.2. The maximum absolute atomic E-state index is 11.0. The first-order valence-corrected chi connectivity index (χ1v) is 5.92. The molecule has 1 amide bonds. The van der Waals surface area contributed by atoms with Crippen LogP contribution >= 0.6 is 7.60 Å². The van der Waals surface area contributed by atoms with Crippen LogP contribution in [-0.4, -0.2) is 27.9 Å². The van der Waals surface area contributed by atoms with Gasteiger partial charge < -0.3 is 15.1 Å². The number of hydrogen-bond acceptors (Lipinski definition) is 2. The molecule has 5 nitrogen and oxygen atoms in total. The Kier molecular flexibility index (Phi) is 5.05. The van der Waals surface area contributed by atoms with Gasteiger partial charge in [0.1, 0.15) is 0 Å². The van der Waals surface area contributed by atoms with E-state index in [-0.39, 0.29) is 18.9 Å². The van der Waals surface area contributed by atoms with Gasteiger partial charge in [-0.05, 0) is 13.3 Å². The number of carbonyl (C=O) groups excluding carboxylic acids is 1. The maximum atomic E-state index is 11.0. The van der Waals surface area contributed by atoms with Gasteiger partial charge in [-0.15, -0.1) is 0 Å². The third-order valence-electron chi connectivity index (χ3n) is 1.81. The van der Waals surface area contributed by atoms with Crippen molar-refractivity contribution in [3.8, 4) is 0 Å². The molecule has 0 aliphatic heterocycles. The van der Waals surface area contributed by atoms with Gasteiger partial charge in [0.25, 0.3) is 0 Å². The SMILES string of the molecule is C=C(C)C(=O)NCCC(C)P(=O)(O)O. The third-order valence-corrected chi connectivity index (χ3v) is 3.22. The molecule has 0 saturated carbocycles. The van der Waals surface area contributed by atoms with Gasteiger partial charge in [-0.2, -0.15) is 0 Å². The lowest BCUT2D eigenvalue weighted by atomic mass is 10.3. The van der Waals surface area contributed by atoms with Crippen molar-refractivity contribution in [2.45, 2.75) is 25.9 Å². The van der Waals surface area contributed by atoms with E-state index in [0.29, 0.717) is 5.57 Å². The molecule has 0 aliphatic carbocycles. The molecular weight excluding hydrogens is 205 g/mol. The molecule has 0 radical (unpaired) electrons. The molecule has 82 valence electrons. The van der Waals surface area contributed by atoms with Gasteiger partial charge in [0.15, 0.2) is 0 Å². The Morgan fingerprint density at radius 1 is 1.57 bits per heavy atom. The van der Waals surface area contributed by atoms with Crippen molar-refractivity contribution in [2.75, 3.05) is 6.54 Å². The molecule has 14 heavy (non-hydrogen) atoms. The van der Waals surface area contributed by atoms with E-state index >= 15 is 0 Å². The number of rotatable bonds is 5. The Hall–Kier alpha value is -0.640. The summed E-state index contributed by atoms with van der Waals surface area (Å²) in [6.45, 7) is 6.71. The molecule has 0 aromatic heterocycles. The monoisotopic (exact) mass is 221 g/mol. The van der Waals surface area contributed by atoms with E-state index in [1.807, 2.05) is 0 Å². The predicted molar refractivity (Wildman–Crippen MR) is 53.9 cm³/mol. The second-order valence-electron chi connectivity index (χ2n) is 3.26. The average Bonchev–Trinajstić information content (AvgIpc) is 2.01. The Morgan fingerprint density at radius 3 is 2.43 bits per heavy atom. The summed E-state index contributed by atoms with van der Waals surface area (Å²) >= 11 is 0. The third kappa shape index (κ3) is 5.17. The molecule has 1 unspecified atom stereocenters. The van der Waals surface area contributed by atoms with Gasteiger partial charge >= 0.3 is 7.60 Å². The summed E-state index contributed by atoms with van der Waals surface area (Å²) in [5.74, 6) is -0.289. The van der Waals surface area contributed by atoms with Gasteiger partial charge in [-0.3, -0.25) is 9.36 Å². The van der Waals surface area contributed by atoms with Crippen LogP contribution in [0, 0.1) is 0 Å². The van der Waals surface area contributed by atoms with Crippen LogP contribution in [0.15, 0.2) is 12.2 Å². The van der Waals surface area contributed by atoms with Gasteiger partial charge in [0.05, 0.1) is 5.66 Å². The molecule has 3 N–H and O–H groups in total. The van der Waals surface area contributed by atoms with Crippen molar-refractivity contribution >= 4 is 13.5 Å². The van der Waals surface area contributed by atoms with Crippen molar-refractivity contribution in [1.29, 1.82) is 0 Å². The molecule has 6 heteroatoms. The fourth-order valence-corrected chi connectivity index (χ4v) is 1.18. The lowest BCUT2D eigenvalue weighted by Gasteiger charge is -2.13. The van der Waals surface area contributed by atoms with Crippen molar-refractivity contribution in [3.63, 3.8) is 0 Å². The van der Waals surface area contributed by atoms with Crippen LogP contribution in [0.2, 0.25) is 0 Å². The smallest absolute Gasteiger partial charge is 0.328 e. The molecule has 0 aromatic rings. The molecule has 0 aliphatic rings. The van der Waals surface area contributed by atoms with Crippen molar-refractivity contribution in [2.24, 2.45) is 0 Å². The minimum atomic E-state index is -4.01. The molecule has 0 aromatic carbocycles. The van der Waals surface area contributed by atoms with Crippen LogP contribution in [0.4, 0.5) is 0 Å². The zero-order chi connectivity index (χ0) is 11.4. The van der Waals surface area contributed by atoms with Gasteiger partial charge in [-0.1, -0.05) is 13.5 Å². The highest BCUT2D eigenvalue weighted by Gasteiger charge is 2.23. The maximum Gasteiger partial charge on any atom is 0.328 e. The molecule has 0 rings (SSSR count). The van der Waals surface area contributed by atoms with E-state index in [9.17, 15) is 9.36 Å². The second kappa shape index (κ2) is 5.29. The van der Waals surface area contributed by atoms with E-state index in [2.05, 4.69) is 11.9 Å². The Bertz CT molecular complexity index is 271. The minimum absolute atomic E-state index is 0.248. The highest BCUT2D eigenvalue weighted by Crippen LogP contribution is 2.42.